The molecule has 2 aromatic rings. The number of ketones is 2. The quantitative estimate of drug-likeness (QED) is 0.563. The number of ether oxygens (including phenoxy) is 1. The van der Waals surface area contributed by atoms with E-state index in [1.54, 1.807) is 18.2 Å². The van der Waals surface area contributed by atoms with Gasteiger partial charge in [-0.1, -0.05) is 23.2 Å². The first-order chi connectivity index (χ1) is 12.7. The third kappa shape index (κ3) is 8.39. The summed E-state index contributed by atoms with van der Waals surface area (Å²) in [5.74, 6) is -3.81. The van der Waals surface area contributed by atoms with Gasteiger partial charge in [0, 0.05) is 23.8 Å². The van der Waals surface area contributed by atoms with E-state index in [0.29, 0.717) is 21.4 Å². The molecule has 10 heteroatoms. The largest absolute Gasteiger partial charge is 0.475 e. The van der Waals surface area contributed by atoms with Crippen molar-refractivity contribution in [3.63, 3.8) is 0 Å². The number of hydrogen-bond donors (Lipinski definition) is 1. The zero-order chi connectivity index (χ0) is 20.4. The number of aliphatic carboxylic acids is 1. The van der Waals surface area contributed by atoms with E-state index in [4.69, 9.17) is 28.3 Å². The van der Waals surface area contributed by atoms with Crippen molar-refractivity contribution in [1.82, 2.24) is 9.97 Å². The molecule has 1 N–H and O–H groups in total. The van der Waals surface area contributed by atoms with Crippen molar-refractivity contribution >= 4 is 46.7 Å². The van der Waals surface area contributed by atoms with Crippen LogP contribution in [0.3, 0.4) is 0 Å². The van der Waals surface area contributed by atoms with Gasteiger partial charge in [-0.15, -0.1) is 0 Å². The van der Waals surface area contributed by atoms with Gasteiger partial charge in [0.2, 0.25) is 11.6 Å². The Morgan fingerprint density at radius 2 is 1.33 bits per heavy atom. The number of carbonyl (C=O) groups excluding carboxylic acids is 3. The molecule has 142 valence electrons. The molecule has 0 saturated heterocycles. The Morgan fingerprint density at radius 1 is 0.889 bits per heavy atom. The van der Waals surface area contributed by atoms with Crippen LogP contribution < -0.4 is 0 Å². The number of carbonyl (C=O) groups is 4. The first-order valence-corrected chi connectivity index (χ1v) is 8.06. The van der Waals surface area contributed by atoms with Crippen molar-refractivity contribution < 1.29 is 29.0 Å². The van der Waals surface area contributed by atoms with Crippen LogP contribution in [-0.2, 0) is 36.8 Å². The highest BCUT2D eigenvalue weighted by Gasteiger charge is 2.14. The van der Waals surface area contributed by atoms with Gasteiger partial charge in [0.25, 0.3) is 0 Å². The van der Waals surface area contributed by atoms with E-state index < -0.39 is 23.5 Å². The number of carboxylic acid groups (broad SMARTS) is 1. The molecule has 2 heterocycles. The van der Waals surface area contributed by atoms with Gasteiger partial charge in [0.1, 0.15) is 0 Å². The zero-order valence-electron chi connectivity index (χ0n) is 14.0. The smallest absolute Gasteiger partial charge is 0.374 e. The van der Waals surface area contributed by atoms with Crippen molar-refractivity contribution in [3.8, 4) is 0 Å². The number of esters is 1. The Balaban J connectivity index is 0.000000271. The molecule has 0 radical (unpaired) electrons. The van der Waals surface area contributed by atoms with E-state index in [1.165, 1.54) is 18.5 Å². The summed E-state index contributed by atoms with van der Waals surface area (Å²) in [7, 11) is 1.16. The van der Waals surface area contributed by atoms with E-state index in [-0.39, 0.29) is 12.8 Å². The van der Waals surface area contributed by atoms with Crippen molar-refractivity contribution in [1.29, 1.82) is 0 Å². The number of methoxy groups -OCH3 is 1. The molecule has 0 amide bonds. The Bertz CT molecular complexity index is 822. The van der Waals surface area contributed by atoms with Crippen LogP contribution in [0.5, 0.6) is 0 Å². The lowest BCUT2D eigenvalue weighted by Crippen LogP contribution is -2.18. The number of rotatable bonds is 6. The third-order valence-electron chi connectivity index (χ3n) is 2.91. The average molecular weight is 413 g/mol. The minimum absolute atomic E-state index is 0.0656. The predicted molar refractivity (Wildman–Crippen MR) is 95.6 cm³/mol. The molecule has 0 spiro atoms. The molecule has 0 saturated carbocycles. The van der Waals surface area contributed by atoms with Gasteiger partial charge in [-0.2, -0.15) is 0 Å². The predicted octanol–water partition coefficient (Wildman–Crippen LogP) is 1.95. The summed E-state index contributed by atoms with van der Waals surface area (Å²) in [6, 6.07) is 6.26. The van der Waals surface area contributed by atoms with Crippen LogP contribution in [-0.4, -0.2) is 45.7 Å². The molecule has 0 aliphatic heterocycles. The molecule has 0 aliphatic rings. The highest BCUT2D eigenvalue weighted by Crippen LogP contribution is 2.07. The molecule has 0 unspecified atom stereocenters. The highest BCUT2D eigenvalue weighted by molar-refractivity contribution is 6.34. The van der Waals surface area contributed by atoms with Gasteiger partial charge in [-0.25, -0.2) is 9.59 Å². The van der Waals surface area contributed by atoms with Crippen LogP contribution in [0.4, 0.5) is 0 Å². The van der Waals surface area contributed by atoms with Gasteiger partial charge >= 0.3 is 11.9 Å². The number of Topliss-reactive ketones (excluding diaryl/α,β-unsaturated/α-hetero) is 2. The average Bonchev–Trinajstić information content (AvgIpc) is 2.65. The molecule has 0 fully saturated rings. The molecule has 0 aromatic carbocycles. The fourth-order valence-corrected chi connectivity index (χ4v) is 1.84. The number of hydrogen-bond acceptors (Lipinski definition) is 7. The third-order valence-corrected chi connectivity index (χ3v) is 3.36. The van der Waals surface area contributed by atoms with E-state index in [0.717, 1.165) is 7.11 Å². The fourth-order valence-electron chi connectivity index (χ4n) is 1.61. The first kappa shape index (κ1) is 22.2. The summed E-state index contributed by atoms with van der Waals surface area (Å²) in [6.45, 7) is 0. The molecular weight excluding hydrogens is 399 g/mol. The Labute approximate surface area is 164 Å². The summed E-state index contributed by atoms with van der Waals surface area (Å²) in [5.41, 5.74) is 0.890. The zero-order valence-corrected chi connectivity index (χ0v) is 15.5. The minimum Gasteiger partial charge on any atom is -0.475 e. The molecule has 0 bridgehead atoms. The first-order valence-electron chi connectivity index (χ1n) is 7.31. The van der Waals surface area contributed by atoms with Crippen molar-refractivity contribution in [2.24, 2.45) is 0 Å². The van der Waals surface area contributed by atoms with Gasteiger partial charge in [-0.05, 0) is 24.3 Å². The maximum atomic E-state index is 11.1. The highest BCUT2D eigenvalue weighted by atomic mass is 35.5. The summed E-state index contributed by atoms with van der Waals surface area (Å²) < 4.78 is 4.27. The lowest BCUT2D eigenvalue weighted by atomic mass is 10.2. The second-order valence-corrected chi connectivity index (χ2v) is 5.81. The van der Waals surface area contributed by atoms with Crippen molar-refractivity contribution in [2.45, 2.75) is 12.8 Å². The maximum Gasteiger partial charge on any atom is 0.374 e. The molecule has 2 rings (SSSR count). The van der Waals surface area contributed by atoms with E-state index in [1.807, 2.05) is 0 Å². The van der Waals surface area contributed by atoms with Gasteiger partial charge in [0.05, 0.1) is 30.0 Å². The minimum atomic E-state index is -1.45. The molecular formula is C17H14Cl2N2O6. The van der Waals surface area contributed by atoms with Crippen LogP contribution in [0, 0.1) is 0 Å². The summed E-state index contributed by atoms with van der Waals surface area (Å²) >= 11 is 11.1. The lowest BCUT2D eigenvalue weighted by Gasteiger charge is -1.98. The summed E-state index contributed by atoms with van der Waals surface area (Å²) in [4.78, 5) is 50.4. The van der Waals surface area contributed by atoms with Gasteiger partial charge < -0.3 is 9.84 Å². The number of pyridine rings is 2. The Hall–Kier alpha value is -2.84. The summed E-state index contributed by atoms with van der Waals surface area (Å²) in [5, 5.41) is 9.23. The molecule has 0 atom stereocenters. The van der Waals surface area contributed by atoms with Gasteiger partial charge in [0.15, 0.2) is 0 Å². The van der Waals surface area contributed by atoms with E-state index in [9.17, 15) is 19.2 Å². The number of nitrogens with zero attached hydrogens (tertiary/aromatic N) is 2. The standard InChI is InChI=1S/C9H8ClNO3.C8H6ClNO3/c1-14-9(13)8(12)4-7-3-2-6(10)5-11-7;9-5-1-2-6(10-4-5)3-7(11)8(12)13/h2-3,5H,4H2,1H3;1-2,4H,3H2,(H,12,13). The Morgan fingerprint density at radius 3 is 1.67 bits per heavy atom. The number of halogens is 2. The van der Waals surface area contributed by atoms with E-state index in [2.05, 4.69) is 14.7 Å². The van der Waals surface area contributed by atoms with Crippen LogP contribution in [0.25, 0.3) is 0 Å². The normalized spacial score (nSPS) is 9.59. The van der Waals surface area contributed by atoms with Crippen LogP contribution in [0.1, 0.15) is 11.4 Å². The SMILES string of the molecule is COC(=O)C(=O)Cc1ccc(Cl)cn1.O=C(O)C(=O)Cc1ccc(Cl)cn1. The van der Waals surface area contributed by atoms with Crippen molar-refractivity contribution in [3.05, 3.63) is 58.1 Å². The second-order valence-electron chi connectivity index (χ2n) is 4.93. The summed E-state index contributed by atoms with van der Waals surface area (Å²) in [6.07, 6.45) is 2.52. The molecule has 27 heavy (non-hydrogen) atoms. The van der Waals surface area contributed by atoms with Gasteiger partial charge in [-0.3, -0.25) is 19.6 Å². The lowest BCUT2D eigenvalue weighted by molar-refractivity contribution is -0.151. The van der Waals surface area contributed by atoms with E-state index >= 15 is 0 Å². The monoisotopic (exact) mass is 412 g/mol. The Kier molecular flexibility index (Phi) is 9.04. The molecule has 8 nitrogen and oxygen atoms in total. The van der Waals surface area contributed by atoms with Crippen LogP contribution in [0.15, 0.2) is 36.7 Å². The molecule has 0 aliphatic carbocycles. The fraction of sp³-hybridized carbons (Fsp3) is 0.176. The maximum absolute atomic E-state index is 11.1. The van der Waals surface area contributed by atoms with Crippen LogP contribution in [0.2, 0.25) is 10.0 Å². The molecule has 2 aromatic heterocycles. The van der Waals surface area contributed by atoms with Crippen molar-refractivity contribution in [2.75, 3.05) is 7.11 Å². The topological polar surface area (TPSA) is 124 Å². The second kappa shape index (κ2) is 11.0. The van der Waals surface area contributed by atoms with Crippen LogP contribution >= 0.6 is 23.2 Å². The number of carboxylic acids is 1. The number of aromatic nitrogens is 2.